The molecule has 0 spiro atoms. The molecule has 1 unspecified atom stereocenters. The van der Waals surface area contributed by atoms with E-state index in [1.165, 1.54) is 13.4 Å². The van der Waals surface area contributed by atoms with E-state index in [4.69, 9.17) is 4.74 Å². The second kappa shape index (κ2) is 5.28. The minimum Gasteiger partial charge on any atom is -0.495 e. The third kappa shape index (κ3) is 2.84. The van der Waals surface area contributed by atoms with E-state index in [0.717, 1.165) is 31.4 Å². The van der Waals surface area contributed by atoms with Gasteiger partial charge in [-0.05, 0) is 37.4 Å². The van der Waals surface area contributed by atoms with E-state index in [1.54, 1.807) is 6.07 Å². The minimum absolute atomic E-state index is 0.334. The van der Waals surface area contributed by atoms with Gasteiger partial charge in [-0.1, -0.05) is 12.1 Å². The number of hydrogen-bond acceptors (Lipinski definition) is 4. The summed E-state index contributed by atoms with van der Waals surface area (Å²) in [5.74, 6) is 0.438. The lowest BCUT2D eigenvalue weighted by molar-refractivity contribution is 0.401. The number of hydrogen-bond donors (Lipinski definition) is 1. The lowest BCUT2D eigenvalue weighted by Gasteiger charge is -2.15. The molecule has 1 heterocycles. The van der Waals surface area contributed by atoms with Crippen LogP contribution in [-0.4, -0.2) is 34.4 Å². The van der Waals surface area contributed by atoms with Gasteiger partial charge in [0.2, 0.25) is 0 Å². The van der Waals surface area contributed by atoms with Crippen LogP contribution in [0.1, 0.15) is 18.4 Å². The lowest BCUT2D eigenvalue weighted by Crippen LogP contribution is -2.24. The van der Waals surface area contributed by atoms with Gasteiger partial charge in [0.15, 0.2) is 9.84 Å². The van der Waals surface area contributed by atoms with E-state index in [9.17, 15) is 8.42 Å². The summed E-state index contributed by atoms with van der Waals surface area (Å²) in [5, 5.41) is 3.39. The zero-order valence-corrected chi connectivity index (χ0v) is 11.6. The molecule has 2 rings (SSSR count). The van der Waals surface area contributed by atoms with Gasteiger partial charge in [0, 0.05) is 12.3 Å². The predicted octanol–water partition coefficient (Wildman–Crippen LogP) is 1.39. The summed E-state index contributed by atoms with van der Waals surface area (Å²) in [6, 6.07) is 5.79. The van der Waals surface area contributed by atoms with Crippen molar-refractivity contribution in [2.75, 3.05) is 19.9 Å². The van der Waals surface area contributed by atoms with Crippen LogP contribution in [0.15, 0.2) is 23.1 Å². The Morgan fingerprint density at radius 3 is 2.78 bits per heavy atom. The Kier molecular flexibility index (Phi) is 3.92. The Balaban J connectivity index is 2.39. The van der Waals surface area contributed by atoms with Crippen molar-refractivity contribution in [1.82, 2.24) is 5.32 Å². The third-order valence-electron chi connectivity index (χ3n) is 3.28. The largest absolute Gasteiger partial charge is 0.495 e. The van der Waals surface area contributed by atoms with E-state index in [-0.39, 0.29) is 0 Å². The van der Waals surface area contributed by atoms with Crippen molar-refractivity contribution in [2.45, 2.75) is 30.2 Å². The zero-order chi connectivity index (χ0) is 13.2. The summed E-state index contributed by atoms with van der Waals surface area (Å²) < 4.78 is 29.0. The van der Waals surface area contributed by atoms with Gasteiger partial charge in [0.1, 0.15) is 10.6 Å². The molecule has 100 valence electrons. The summed E-state index contributed by atoms with van der Waals surface area (Å²) in [5.41, 5.74) is 0.844. The summed E-state index contributed by atoms with van der Waals surface area (Å²) in [7, 11) is -1.77. The number of rotatable bonds is 4. The monoisotopic (exact) mass is 269 g/mol. The quantitative estimate of drug-likeness (QED) is 0.897. The topological polar surface area (TPSA) is 55.4 Å². The second-order valence-electron chi connectivity index (χ2n) is 4.72. The van der Waals surface area contributed by atoms with Crippen LogP contribution >= 0.6 is 0 Å². The maximum Gasteiger partial charge on any atom is 0.179 e. The van der Waals surface area contributed by atoms with Crippen molar-refractivity contribution in [3.8, 4) is 5.75 Å². The predicted molar refractivity (Wildman–Crippen MR) is 70.8 cm³/mol. The van der Waals surface area contributed by atoms with Crippen LogP contribution in [0.2, 0.25) is 0 Å². The SMILES string of the molecule is COc1cccc(CC2CCCN2)c1S(C)(=O)=O. The van der Waals surface area contributed by atoms with Crippen molar-refractivity contribution in [2.24, 2.45) is 0 Å². The fourth-order valence-electron chi connectivity index (χ4n) is 2.50. The molecule has 0 aromatic heterocycles. The Labute approximate surface area is 108 Å². The van der Waals surface area contributed by atoms with E-state index in [0.29, 0.717) is 16.7 Å². The standard InChI is InChI=1S/C13H19NO3S/c1-17-12-7-3-5-10(13(12)18(2,15)16)9-11-6-4-8-14-11/h3,5,7,11,14H,4,6,8-9H2,1-2H3. The van der Waals surface area contributed by atoms with E-state index in [1.807, 2.05) is 12.1 Å². The molecule has 0 bridgehead atoms. The van der Waals surface area contributed by atoms with Crippen LogP contribution in [0.5, 0.6) is 5.75 Å². The molecule has 0 aliphatic carbocycles. The van der Waals surface area contributed by atoms with E-state index >= 15 is 0 Å². The highest BCUT2D eigenvalue weighted by Gasteiger charge is 2.22. The smallest absolute Gasteiger partial charge is 0.179 e. The summed E-state index contributed by atoms with van der Waals surface area (Å²) in [6.07, 6.45) is 4.22. The lowest BCUT2D eigenvalue weighted by atomic mass is 10.0. The van der Waals surface area contributed by atoms with Gasteiger partial charge in [-0.25, -0.2) is 8.42 Å². The van der Waals surface area contributed by atoms with Crippen molar-refractivity contribution in [3.05, 3.63) is 23.8 Å². The molecular formula is C13H19NO3S. The number of benzene rings is 1. The van der Waals surface area contributed by atoms with Crippen LogP contribution in [-0.2, 0) is 16.3 Å². The Bertz CT molecular complexity index is 519. The molecule has 1 aliphatic heterocycles. The fraction of sp³-hybridized carbons (Fsp3) is 0.538. The van der Waals surface area contributed by atoms with Crippen LogP contribution in [0.3, 0.4) is 0 Å². The van der Waals surface area contributed by atoms with Gasteiger partial charge in [0.05, 0.1) is 7.11 Å². The number of sulfone groups is 1. The molecule has 1 aromatic rings. The highest BCUT2D eigenvalue weighted by atomic mass is 32.2. The molecule has 1 atom stereocenters. The van der Waals surface area contributed by atoms with Crippen molar-refractivity contribution < 1.29 is 13.2 Å². The normalized spacial score (nSPS) is 20.0. The number of nitrogens with one attached hydrogen (secondary N) is 1. The van der Waals surface area contributed by atoms with Gasteiger partial charge >= 0.3 is 0 Å². The molecular weight excluding hydrogens is 250 g/mol. The van der Waals surface area contributed by atoms with Gasteiger partial charge in [0.25, 0.3) is 0 Å². The maximum atomic E-state index is 11.9. The highest BCUT2D eigenvalue weighted by molar-refractivity contribution is 7.90. The average molecular weight is 269 g/mol. The van der Waals surface area contributed by atoms with Crippen LogP contribution < -0.4 is 10.1 Å². The number of ether oxygens (including phenoxy) is 1. The Morgan fingerprint density at radius 2 is 2.22 bits per heavy atom. The molecule has 1 fully saturated rings. The minimum atomic E-state index is -3.27. The zero-order valence-electron chi connectivity index (χ0n) is 10.8. The first-order valence-electron chi connectivity index (χ1n) is 6.11. The van der Waals surface area contributed by atoms with Crippen molar-refractivity contribution in [1.29, 1.82) is 0 Å². The van der Waals surface area contributed by atoms with Gasteiger partial charge in [-0.3, -0.25) is 0 Å². The first-order valence-corrected chi connectivity index (χ1v) is 8.01. The van der Waals surface area contributed by atoms with E-state index < -0.39 is 9.84 Å². The highest BCUT2D eigenvalue weighted by Crippen LogP contribution is 2.29. The van der Waals surface area contributed by atoms with Gasteiger partial charge < -0.3 is 10.1 Å². The molecule has 0 saturated carbocycles. The van der Waals surface area contributed by atoms with Crippen LogP contribution in [0.4, 0.5) is 0 Å². The molecule has 1 aromatic carbocycles. The van der Waals surface area contributed by atoms with Crippen LogP contribution in [0, 0.1) is 0 Å². The molecule has 1 aliphatic rings. The molecule has 18 heavy (non-hydrogen) atoms. The molecule has 4 nitrogen and oxygen atoms in total. The third-order valence-corrected chi connectivity index (χ3v) is 4.48. The van der Waals surface area contributed by atoms with Gasteiger partial charge in [-0.2, -0.15) is 0 Å². The average Bonchev–Trinajstić information content (AvgIpc) is 2.80. The molecule has 5 heteroatoms. The number of methoxy groups -OCH3 is 1. The first kappa shape index (κ1) is 13.4. The molecule has 0 radical (unpaired) electrons. The Morgan fingerprint density at radius 1 is 1.44 bits per heavy atom. The maximum absolute atomic E-state index is 11.9. The van der Waals surface area contributed by atoms with E-state index in [2.05, 4.69) is 5.32 Å². The van der Waals surface area contributed by atoms with Crippen LogP contribution in [0.25, 0.3) is 0 Å². The summed E-state index contributed by atoms with van der Waals surface area (Å²) >= 11 is 0. The fourth-order valence-corrected chi connectivity index (χ4v) is 3.64. The van der Waals surface area contributed by atoms with Crippen molar-refractivity contribution in [3.63, 3.8) is 0 Å². The molecule has 1 N–H and O–H groups in total. The molecule has 0 amide bonds. The first-order chi connectivity index (χ1) is 8.52. The Hall–Kier alpha value is -1.07. The van der Waals surface area contributed by atoms with Crippen molar-refractivity contribution >= 4 is 9.84 Å². The summed E-state index contributed by atoms with van der Waals surface area (Å²) in [6.45, 7) is 1.02. The summed E-state index contributed by atoms with van der Waals surface area (Å²) in [4.78, 5) is 0.334. The van der Waals surface area contributed by atoms with Gasteiger partial charge in [-0.15, -0.1) is 0 Å². The second-order valence-corrected chi connectivity index (χ2v) is 6.67. The molecule has 1 saturated heterocycles.